The third kappa shape index (κ3) is 19.6. The zero-order valence-electron chi connectivity index (χ0n) is 10.1. The van der Waals surface area contributed by atoms with Crippen LogP contribution in [0.15, 0.2) is 0 Å². The van der Waals surface area contributed by atoms with Gasteiger partial charge in [-0.15, -0.1) is 0 Å². The van der Waals surface area contributed by atoms with Crippen molar-refractivity contribution < 1.29 is 62.0 Å². The topological polar surface area (TPSA) is 189 Å². The Morgan fingerprint density at radius 3 is 1.30 bits per heavy atom. The van der Waals surface area contributed by atoms with Gasteiger partial charge in [0.2, 0.25) is 0 Å². The summed E-state index contributed by atoms with van der Waals surface area (Å²) in [5.41, 5.74) is 0. The van der Waals surface area contributed by atoms with Crippen LogP contribution < -0.4 is 11.3 Å². The zero-order chi connectivity index (χ0) is 14.9. The Kier molecular flexibility index (Phi) is 20.3. The molecule has 0 spiro atoms. The van der Waals surface area contributed by atoms with Crippen LogP contribution in [0.25, 0.3) is 0 Å². The summed E-state index contributed by atoms with van der Waals surface area (Å²) in [5.74, 6) is -5.02. The van der Waals surface area contributed by atoms with Crippen LogP contribution in [0.1, 0.15) is 12.8 Å². The van der Waals surface area contributed by atoms with Crippen LogP contribution in [0.5, 0.6) is 0 Å². The van der Waals surface area contributed by atoms with Crippen molar-refractivity contribution in [3.05, 3.63) is 0 Å². The molecule has 0 aliphatic heterocycles. The van der Waals surface area contributed by atoms with E-state index >= 15 is 0 Å². The van der Waals surface area contributed by atoms with Gasteiger partial charge >= 0.3 is 17.9 Å². The molecule has 0 fully saturated rings. The summed E-state index contributed by atoms with van der Waals surface area (Å²) in [4.78, 5) is 39.3. The predicted molar refractivity (Wildman–Crippen MR) is 68.7 cm³/mol. The van der Waals surface area contributed by atoms with Gasteiger partial charge in [-0.05, 0) is 0 Å². The summed E-state index contributed by atoms with van der Waals surface area (Å²) in [6, 6.07) is 0. The number of rotatable bonds is 6. The Labute approximate surface area is 140 Å². The molecule has 0 rings (SSSR count). The Morgan fingerprint density at radius 1 is 0.900 bits per heavy atom. The average Bonchev–Trinajstić information content (AvgIpc) is 2.16. The fourth-order valence-electron chi connectivity index (χ4n) is 0.501. The molecule has 123 valence electrons. The van der Waals surface area contributed by atoms with Gasteiger partial charge in [-0.1, -0.05) is 0 Å². The van der Waals surface area contributed by atoms with Crippen molar-refractivity contribution in [1.82, 2.24) is 6.15 Å². The van der Waals surface area contributed by atoms with Gasteiger partial charge in [-0.2, -0.15) is 25.3 Å². The van der Waals surface area contributed by atoms with E-state index < -0.39 is 47.2 Å². The molecule has 0 aromatic heterocycles. The molecule has 0 bridgehead atoms. The number of carboxylic acid groups (broad SMARTS) is 4. The quantitative estimate of drug-likeness (QED) is 0.187. The first-order valence-corrected chi connectivity index (χ1v) is 5.34. The zero-order valence-corrected chi connectivity index (χ0v) is 14.1. The number of hydrogen-bond acceptors (Lipinski definition) is 7. The van der Waals surface area contributed by atoms with Crippen molar-refractivity contribution in [1.29, 1.82) is 0 Å². The van der Waals surface area contributed by atoms with Gasteiger partial charge in [-0.3, -0.25) is 14.4 Å². The van der Waals surface area contributed by atoms with Crippen LogP contribution in [0.3, 0.4) is 0 Å². The van der Waals surface area contributed by atoms with Gasteiger partial charge in [0.05, 0.1) is 24.1 Å². The van der Waals surface area contributed by atoms with Gasteiger partial charge in [0.15, 0.2) is 0 Å². The second kappa shape index (κ2) is 14.7. The maximum atomic E-state index is 9.90. The summed E-state index contributed by atoms with van der Waals surface area (Å²) in [5, 5.41) is 31.6. The molecule has 0 saturated heterocycles. The van der Waals surface area contributed by atoms with Crippen molar-refractivity contribution in [2.45, 2.75) is 23.3 Å². The summed E-state index contributed by atoms with van der Waals surface area (Å²) in [6.45, 7) is 0. The fourth-order valence-corrected chi connectivity index (χ4v) is 0.814. The second-order valence-corrected chi connectivity index (χ2v) is 4.13. The minimum atomic E-state index is -1.46. The Balaban J connectivity index is -0.000000116. The number of quaternary nitrogens is 1. The molecular weight excluding hydrogens is 499 g/mol. The Bertz CT molecular complexity index is 308. The standard InChI is InChI=1S/2C4H6O4S.Au.H3N/c2*5-3(6)1-2(9)4(7)8;;/h2*2,9H,1H2,(H,5,6)(H,7,8);;1H3. The third-order valence-corrected chi connectivity index (χ3v) is 2.09. The Hall–Kier alpha value is -0.720. The maximum absolute atomic E-state index is 9.90. The molecule has 20 heavy (non-hydrogen) atoms. The van der Waals surface area contributed by atoms with Crippen LogP contribution in [0, 0.1) is 0 Å². The smallest absolute Gasteiger partial charge is 0.316 e. The van der Waals surface area contributed by atoms with Gasteiger partial charge in [0.25, 0.3) is 0 Å². The Morgan fingerprint density at radius 2 is 1.20 bits per heavy atom. The van der Waals surface area contributed by atoms with Crippen LogP contribution in [0.4, 0.5) is 0 Å². The fraction of sp³-hybridized carbons (Fsp3) is 0.500. The normalized spacial score (nSPS) is 11.3. The number of carbonyl (C=O) groups excluding carboxylic acids is 1. The van der Waals surface area contributed by atoms with E-state index in [4.69, 9.17) is 15.3 Å². The summed E-state index contributed by atoms with van der Waals surface area (Å²) >= 11 is 6.91. The first kappa shape index (κ1) is 27.6. The first-order valence-electron chi connectivity index (χ1n) is 4.31. The van der Waals surface area contributed by atoms with E-state index in [0.29, 0.717) is 0 Å². The van der Waals surface area contributed by atoms with Crippen molar-refractivity contribution in [3.63, 3.8) is 0 Å². The monoisotopic (exact) mass is 514 g/mol. The molecule has 7 N–H and O–H groups in total. The van der Waals surface area contributed by atoms with E-state index in [-0.39, 0.29) is 28.5 Å². The van der Waals surface area contributed by atoms with Crippen LogP contribution >= 0.6 is 25.3 Å². The molecule has 0 aliphatic rings. The van der Waals surface area contributed by atoms with Gasteiger partial charge in [-0.25, -0.2) is 0 Å². The molecule has 1 radical (unpaired) electrons. The summed E-state index contributed by atoms with van der Waals surface area (Å²) in [7, 11) is 0. The van der Waals surface area contributed by atoms with Crippen LogP contribution in [0.2, 0.25) is 0 Å². The summed E-state index contributed by atoms with van der Waals surface area (Å²) < 4.78 is 0. The van der Waals surface area contributed by atoms with Crippen molar-refractivity contribution in [2.75, 3.05) is 0 Å². The second-order valence-electron chi connectivity index (χ2n) is 2.88. The van der Waals surface area contributed by atoms with E-state index in [9.17, 15) is 24.3 Å². The van der Waals surface area contributed by atoms with Crippen molar-refractivity contribution in [2.24, 2.45) is 0 Å². The van der Waals surface area contributed by atoms with E-state index in [1.54, 1.807) is 0 Å². The summed E-state index contributed by atoms with van der Waals surface area (Å²) in [6.07, 6.45) is -0.954. The van der Waals surface area contributed by atoms with E-state index in [1.807, 2.05) is 0 Å². The molecule has 0 aliphatic carbocycles. The number of carboxylic acids is 4. The average molecular weight is 514 g/mol. The third-order valence-electron chi connectivity index (χ3n) is 1.29. The molecule has 9 nitrogen and oxygen atoms in total. The molecule has 0 heterocycles. The number of aliphatic carboxylic acids is 4. The molecule has 2 atom stereocenters. The molecule has 0 saturated carbocycles. The molecule has 0 amide bonds. The maximum Gasteiger partial charge on any atom is 0.316 e. The molecule has 12 heteroatoms. The minimum absolute atomic E-state index is 0. The van der Waals surface area contributed by atoms with Crippen molar-refractivity contribution in [3.8, 4) is 0 Å². The number of thiol groups is 2. The molecule has 2 unspecified atom stereocenters. The van der Waals surface area contributed by atoms with Gasteiger partial charge in [0.1, 0.15) is 5.25 Å². The SMILES string of the molecule is O=C(O)CC(S)C(=O)O.O=C(O)CC(S)C(=O)[O-].[Au].[NH4+]. The van der Waals surface area contributed by atoms with E-state index in [2.05, 4.69) is 25.3 Å². The van der Waals surface area contributed by atoms with Crippen LogP contribution in [-0.2, 0) is 41.6 Å². The van der Waals surface area contributed by atoms with Crippen molar-refractivity contribution >= 4 is 49.1 Å². The van der Waals surface area contributed by atoms with E-state index in [0.717, 1.165) is 0 Å². The van der Waals surface area contributed by atoms with Gasteiger partial charge in [0, 0.05) is 22.4 Å². The minimum Gasteiger partial charge on any atom is -0.549 e. The number of hydrogen-bond donors (Lipinski definition) is 6. The molecule has 0 aromatic carbocycles. The van der Waals surface area contributed by atoms with E-state index in [1.165, 1.54) is 0 Å². The largest absolute Gasteiger partial charge is 0.549 e. The van der Waals surface area contributed by atoms with Gasteiger partial charge < -0.3 is 31.4 Å². The number of carbonyl (C=O) groups is 4. The van der Waals surface area contributed by atoms with Crippen LogP contribution in [-0.4, -0.2) is 49.7 Å². The molecule has 0 aromatic rings. The predicted octanol–water partition coefficient (Wildman–Crippen LogP) is -1.27. The first-order chi connectivity index (χ1) is 8.07. The molecular formula is C8H15AuNO8S2.